The van der Waals surface area contributed by atoms with Gasteiger partial charge in [-0.2, -0.15) is 0 Å². The average molecular weight is 353 g/mol. The van der Waals surface area contributed by atoms with Crippen LogP contribution in [0.15, 0.2) is 23.2 Å². The van der Waals surface area contributed by atoms with Crippen molar-refractivity contribution in [3.63, 3.8) is 0 Å². The number of aliphatic imine (C=N–C) groups is 1. The Kier molecular flexibility index (Phi) is 7.43. The Morgan fingerprint density at radius 2 is 2.08 bits per heavy atom. The first kappa shape index (κ1) is 19.4. The van der Waals surface area contributed by atoms with Crippen molar-refractivity contribution in [2.75, 3.05) is 51.2 Å². The van der Waals surface area contributed by atoms with E-state index in [2.05, 4.69) is 34.4 Å². The summed E-state index contributed by atoms with van der Waals surface area (Å²) in [5.74, 6) is -0.297. The third kappa shape index (κ3) is 5.56. The summed E-state index contributed by atoms with van der Waals surface area (Å²) in [4.78, 5) is 8.54. The predicted molar refractivity (Wildman–Crippen MR) is 99.3 cm³/mol. The maximum atomic E-state index is 13.9. The maximum Gasteiger partial charge on any atom is 0.191 e. The zero-order chi connectivity index (χ0) is 18.2. The van der Waals surface area contributed by atoms with Crippen molar-refractivity contribution in [1.82, 2.24) is 15.5 Å². The van der Waals surface area contributed by atoms with Crippen LogP contribution in [0, 0.1) is 11.6 Å². The normalized spacial score (nSPS) is 18.1. The second-order valence-corrected chi connectivity index (χ2v) is 6.20. The molecule has 1 aliphatic heterocycles. The van der Waals surface area contributed by atoms with Crippen molar-refractivity contribution >= 4 is 11.6 Å². The first-order valence-electron chi connectivity index (χ1n) is 8.96. The Labute approximate surface area is 149 Å². The third-order valence-corrected chi connectivity index (χ3v) is 4.62. The average Bonchev–Trinajstić information content (AvgIpc) is 3.06. The summed E-state index contributed by atoms with van der Waals surface area (Å²) in [6.45, 7) is 9.55. The van der Waals surface area contributed by atoms with Gasteiger partial charge >= 0.3 is 0 Å². The lowest BCUT2D eigenvalue weighted by Gasteiger charge is -2.22. The van der Waals surface area contributed by atoms with Gasteiger partial charge in [0.05, 0.1) is 5.69 Å². The fourth-order valence-electron chi connectivity index (χ4n) is 3.09. The van der Waals surface area contributed by atoms with Crippen LogP contribution in [0.1, 0.15) is 20.3 Å². The maximum absolute atomic E-state index is 13.9. The van der Waals surface area contributed by atoms with Crippen LogP contribution in [0.4, 0.5) is 14.5 Å². The second kappa shape index (κ2) is 9.56. The van der Waals surface area contributed by atoms with E-state index < -0.39 is 11.6 Å². The predicted octanol–water partition coefficient (Wildman–Crippen LogP) is 2.05. The first-order chi connectivity index (χ1) is 12.1. The van der Waals surface area contributed by atoms with Gasteiger partial charge in [0.25, 0.3) is 0 Å². The number of nitrogens with one attached hydrogen (secondary N) is 2. The van der Waals surface area contributed by atoms with Gasteiger partial charge in [0.15, 0.2) is 5.96 Å². The highest BCUT2D eigenvalue weighted by Gasteiger charge is 2.25. The molecular formula is C18H29F2N5. The molecule has 0 saturated carbocycles. The SMILES string of the molecule is CCN(CC)CCNC(=NC)NC1CCN(c2ccc(F)cc2F)C1. The summed E-state index contributed by atoms with van der Waals surface area (Å²) in [5, 5.41) is 6.71. The van der Waals surface area contributed by atoms with Gasteiger partial charge in [0.2, 0.25) is 0 Å². The summed E-state index contributed by atoms with van der Waals surface area (Å²) in [6, 6.07) is 3.92. The molecule has 7 heteroatoms. The van der Waals surface area contributed by atoms with E-state index >= 15 is 0 Å². The van der Waals surface area contributed by atoms with Gasteiger partial charge in [-0.1, -0.05) is 13.8 Å². The molecule has 1 heterocycles. The van der Waals surface area contributed by atoms with E-state index in [1.807, 2.05) is 4.90 Å². The zero-order valence-electron chi connectivity index (χ0n) is 15.4. The second-order valence-electron chi connectivity index (χ2n) is 6.20. The van der Waals surface area contributed by atoms with E-state index in [0.29, 0.717) is 12.2 Å². The number of hydrogen-bond donors (Lipinski definition) is 2. The quantitative estimate of drug-likeness (QED) is 0.582. The van der Waals surface area contributed by atoms with Crippen LogP contribution in [0.3, 0.4) is 0 Å². The number of rotatable bonds is 7. The van der Waals surface area contributed by atoms with E-state index in [1.165, 1.54) is 12.1 Å². The van der Waals surface area contributed by atoms with Gasteiger partial charge in [-0.15, -0.1) is 0 Å². The van der Waals surface area contributed by atoms with Crippen LogP contribution >= 0.6 is 0 Å². The number of nitrogens with zero attached hydrogens (tertiary/aromatic N) is 3. The molecule has 0 bridgehead atoms. The van der Waals surface area contributed by atoms with Gasteiger partial charge in [0, 0.05) is 45.3 Å². The standard InChI is InChI=1S/C18H29F2N5/c1-4-24(5-2)11-9-22-18(21-3)23-15-8-10-25(13-15)17-7-6-14(19)12-16(17)20/h6-7,12,15H,4-5,8-11,13H2,1-3H3,(H2,21,22,23). The molecule has 25 heavy (non-hydrogen) atoms. The number of likely N-dealkylation sites (N-methyl/N-ethyl adjacent to an activating group) is 1. The monoisotopic (exact) mass is 353 g/mol. The molecule has 0 aromatic heterocycles. The van der Waals surface area contributed by atoms with Crippen molar-refractivity contribution in [3.05, 3.63) is 29.8 Å². The Morgan fingerprint density at radius 3 is 2.72 bits per heavy atom. The molecule has 1 aliphatic rings. The molecule has 5 nitrogen and oxygen atoms in total. The minimum atomic E-state index is -0.548. The fraction of sp³-hybridized carbons (Fsp3) is 0.611. The van der Waals surface area contributed by atoms with Crippen LogP contribution < -0.4 is 15.5 Å². The van der Waals surface area contributed by atoms with E-state index in [-0.39, 0.29) is 6.04 Å². The summed E-state index contributed by atoms with van der Waals surface area (Å²) >= 11 is 0. The van der Waals surface area contributed by atoms with Crippen molar-refractivity contribution < 1.29 is 8.78 Å². The fourth-order valence-corrected chi connectivity index (χ4v) is 3.09. The van der Waals surface area contributed by atoms with Crippen LogP contribution in [0.2, 0.25) is 0 Å². The topological polar surface area (TPSA) is 42.9 Å². The lowest BCUT2D eigenvalue weighted by molar-refractivity contribution is 0.308. The molecule has 0 amide bonds. The Bertz CT molecular complexity index is 575. The van der Waals surface area contributed by atoms with Crippen molar-refractivity contribution in [3.8, 4) is 0 Å². The molecule has 1 saturated heterocycles. The van der Waals surface area contributed by atoms with Crippen molar-refractivity contribution in [2.45, 2.75) is 26.3 Å². The van der Waals surface area contributed by atoms with Gasteiger partial charge < -0.3 is 20.4 Å². The molecule has 1 fully saturated rings. The van der Waals surface area contributed by atoms with E-state index in [9.17, 15) is 8.78 Å². The van der Waals surface area contributed by atoms with Crippen LogP contribution in [0.5, 0.6) is 0 Å². The summed E-state index contributed by atoms with van der Waals surface area (Å²) in [7, 11) is 1.75. The first-order valence-corrected chi connectivity index (χ1v) is 8.96. The largest absolute Gasteiger partial charge is 0.367 e. The highest BCUT2D eigenvalue weighted by molar-refractivity contribution is 5.80. The summed E-state index contributed by atoms with van der Waals surface area (Å²) in [6.07, 6.45) is 0.883. The Morgan fingerprint density at radius 1 is 1.32 bits per heavy atom. The summed E-state index contributed by atoms with van der Waals surface area (Å²) < 4.78 is 27.0. The highest BCUT2D eigenvalue weighted by Crippen LogP contribution is 2.24. The van der Waals surface area contributed by atoms with Crippen molar-refractivity contribution in [2.24, 2.45) is 4.99 Å². The molecule has 1 aromatic rings. The molecular weight excluding hydrogens is 324 g/mol. The van der Waals surface area contributed by atoms with Gasteiger partial charge in [-0.25, -0.2) is 8.78 Å². The molecule has 2 rings (SSSR count). The lowest BCUT2D eigenvalue weighted by Crippen LogP contribution is -2.46. The Hall–Kier alpha value is -1.89. The van der Waals surface area contributed by atoms with Crippen LogP contribution in [0.25, 0.3) is 0 Å². The number of guanidine groups is 1. The van der Waals surface area contributed by atoms with E-state index in [1.54, 1.807) is 7.05 Å². The minimum absolute atomic E-state index is 0.184. The molecule has 2 N–H and O–H groups in total. The lowest BCUT2D eigenvalue weighted by atomic mass is 10.2. The Balaban J connectivity index is 1.82. The number of benzene rings is 1. The highest BCUT2D eigenvalue weighted by atomic mass is 19.1. The van der Waals surface area contributed by atoms with Crippen LogP contribution in [-0.2, 0) is 0 Å². The van der Waals surface area contributed by atoms with Crippen LogP contribution in [-0.4, -0.2) is 63.2 Å². The smallest absolute Gasteiger partial charge is 0.191 e. The molecule has 0 spiro atoms. The molecule has 1 atom stereocenters. The zero-order valence-corrected chi connectivity index (χ0v) is 15.4. The van der Waals surface area contributed by atoms with Gasteiger partial charge in [-0.3, -0.25) is 4.99 Å². The van der Waals surface area contributed by atoms with E-state index in [0.717, 1.165) is 51.2 Å². The van der Waals surface area contributed by atoms with Crippen molar-refractivity contribution in [1.29, 1.82) is 0 Å². The number of hydrogen-bond acceptors (Lipinski definition) is 3. The number of anilines is 1. The van der Waals surface area contributed by atoms with Gasteiger partial charge in [0.1, 0.15) is 11.6 Å². The van der Waals surface area contributed by atoms with E-state index in [4.69, 9.17) is 0 Å². The van der Waals surface area contributed by atoms with Gasteiger partial charge in [-0.05, 0) is 31.6 Å². The molecule has 1 unspecified atom stereocenters. The minimum Gasteiger partial charge on any atom is -0.367 e. The molecule has 1 aromatic carbocycles. The molecule has 140 valence electrons. The number of halogens is 2. The summed E-state index contributed by atoms with van der Waals surface area (Å²) in [5.41, 5.74) is 0.454. The third-order valence-electron chi connectivity index (χ3n) is 4.62. The molecule has 0 aliphatic carbocycles. The molecule has 0 radical (unpaired) electrons.